The Hall–Kier alpha value is -2.45. The average molecular weight is 376 g/mol. The smallest absolute Gasteiger partial charge is 0.341 e. The maximum atomic E-state index is 12.6. The van der Waals surface area contributed by atoms with Gasteiger partial charge < -0.3 is 14.1 Å². The molecule has 0 aliphatic rings. The van der Waals surface area contributed by atoms with Crippen molar-refractivity contribution in [3.05, 3.63) is 51.1 Å². The van der Waals surface area contributed by atoms with E-state index in [1.54, 1.807) is 36.8 Å². The number of carbonyl (C=O) groups excluding carboxylic acids is 2. The zero-order valence-electron chi connectivity index (χ0n) is 13.9. The largest absolute Gasteiger partial charge is 0.465 e. The van der Waals surface area contributed by atoms with Gasteiger partial charge in [0, 0.05) is 23.4 Å². The topological polar surface area (TPSA) is 72.6 Å². The lowest BCUT2D eigenvalue weighted by Crippen LogP contribution is -2.26. The maximum Gasteiger partial charge on any atom is 0.341 e. The summed E-state index contributed by atoms with van der Waals surface area (Å²) in [5, 5.41) is 6.54. The van der Waals surface area contributed by atoms with Gasteiger partial charge in [0.25, 0.3) is 5.91 Å². The summed E-state index contributed by atoms with van der Waals surface area (Å²) in [6, 6.07) is 3.57. The van der Waals surface area contributed by atoms with Crippen LogP contribution in [-0.2, 0) is 11.3 Å². The third-order valence-electron chi connectivity index (χ3n) is 3.61. The number of ether oxygens (including phenoxy) is 1. The van der Waals surface area contributed by atoms with Gasteiger partial charge >= 0.3 is 5.97 Å². The van der Waals surface area contributed by atoms with Gasteiger partial charge in [0.1, 0.15) is 27.8 Å². The highest BCUT2D eigenvalue weighted by Crippen LogP contribution is 2.26. The fraction of sp³-hybridized carbons (Fsp3) is 0.235. The van der Waals surface area contributed by atoms with Crippen molar-refractivity contribution >= 4 is 34.6 Å². The number of thiophene rings is 1. The van der Waals surface area contributed by atoms with Crippen LogP contribution in [0, 0.1) is 6.92 Å². The molecule has 25 heavy (non-hydrogen) atoms. The Morgan fingerprint density at radius 1 is 1.36 bits per heavy atom. The number of hydrogen-bond acceptors (Lipinski definition) is 7. The molecule has 0 aliphatic heterocycles. The average Bonchev–Trinajstić information content (AvgIpc) is 3.33. The van der Waals surface area contributed by atoms with Crippen LogP contribution < -0.4 is 0 Å². The van der Waals surface area contributed by atoms with Gasteiger partial charge in [-0.2, -0.15) is 11.3 Å². The van der Waals surface area contributed by atoms with Crippen molar-refractivity contribution in [2.45, 2.75) is 13.5 Å². The number of aromatic nitrogens is 1. The van der Waals surface area contributed by atoms with E-state index in [0.717, 1.165) is 10.6 Å². The molecule has 0 spiro atoms. The van der Waals surface area contributed by atoms with Crippen molar-refractivity contribution in [2.24, 2.45) is 0 Å². The first-order chi connectivity index (χ1) is 12.0. The van der Waals surface area contributed by atoms with Crippen LogP contribution in [0.25, 0.3) is 10.6 Å². The fourth-order valence-electron chi connectivity index (χ4n) is 2.33. The second-order valence-electron chi connectivity index (χ2n) is 5.39. The minimum Gasteiger partial charge on any atom is -0.465 e. The number of thiazole rings is 1. The van der Waals surface area contributed by atoms with Crippen molar-refractivity contribution in [3.8, 4) is 10.6 Å². The molecule has 0 aliphatic carbocycles. The molecule has 0 fully saturated rings. The molecular weight excluding hydrogens is 360 g/mol. The third-order valence-corrected chi connectivity index (χ3v) is 5.18. The normalized spacial score (nSPS) is 10.7. The van der Waals surface area contributed by atoms with Gasteiger partial charge in [-0.15, -0.1) is 11.3 Å². The van der Waals surface area contributed by atoms with E-state index < -0.39 is 5.97 Å². The van der Waals surface area contributed by atoms with Crippen molar-refractivity contribution in [1.82, 2.24) is 9.88 Å². The highest BCUT2D eigenvalue weighted by molar-refractivity contribution is 7.14. The fourth-order valence-corrected chi connectivity index (χ4v) is 3.83. The third kappa shape index (κ3) is 3.64. The van der Waals surface area contributed by atoms with Crippen LogP contribution in [0.15, 0.2) is 32.7 Å². The van der Waals surface area contributed by atoms with Gasteiger partial charge in [-0.3, -0.25) is 4.79 Å². The Morgan fingerprint density at radius 3 is 2.84 bits per heavy atom. The van der Waals surface area contributed by atoms with E-state index in [4.69, 9.17) is 9.15 Å². The van der Waals surface area contributed by atoms with Gasteiger partial charge in [-0.1, -0.05) is 0 Å². The maximum absolute atomic E-state index is 12.6. The highest BCUT2D eigenvalue weighted by atomic mass is 32.1. The predicted molar refractivity (Wildman–Crippen MR) is 96.0 cm³/mol. The summed E-state index contributed by atoms with van der Waals surface area (Å²) < 4.78 is 10.3. The molecule has 0 aromatic carbocycles. The van der Waals surface area contributed by atoms with Crippen LogP contribution in [0.2, 0.25) is 0 Å². The molecule has 0 bridgehead atoms. The number of methoxy groups -OCH3 is 1. The summed E-state index contributed by atoms with van der Waals surface area (Å²) in [7, 11) is 2.99. The van der Waals surface area contributed by atoms with Crippen molar-refractivity contribution in [1.29, 1.82) is 0 Å². The molecule has 8 heteroatoms. The van der Waals surface area contributed by atoms with E-state index in [0.29, 0.717) is 22.8 Å². The molecule has 6 nitrogen and oxygen atoms in total. The van der Waals surface area contributed by atoms with Crippen LogP contribution >= 0.6 is 22.7 Å². The van der Waals surface area contributed by atoms with Crippen molar-refractivity contribution in [3.63, 3.8) is 0 Å². The van der Waals surface area contributed by atoms with Gasteiger partial charge in [-0.25, -0.2) is 9.78 Å². The Bertz CT molecular complexity index is 896. The lowest BCUT2D eigenvalue weighted by atomic mass is 10.2. The molecule has 0 N–H and O–H groups in total. The summed E-state index contributed by atoms with van der Waals surface area (Å²) in [6.07, 6.45) is 0. The van der Waals surface area contributed by atoms with E-state index in [2.05, 4.69) is 4.98 Å². The summed E-state index contributed by atoms with van der Waals surface area (Å²) in [5.41, 5.74) is 1.78. The summed E-state index contributed by atoms with van der Waals surface area (Å²) >= 11 is 3.03. The lowest BCUT2D eigenvalue weighted by molar-refractivity contribution is 0.0598. The molecule has 3 heterocycles. The van der Waals surface area contributed by atoms with Gasteiger partial charge in [0.15, 0.2) is 0 Å². The molecule has 0 saturated carbocycles. The van der Waals surface area contributed by atoms with E-state index in [-0.39, 0.29) is 12.5 Å². The molecular formula is C17H16N2O4S2. The second-order valence-corrected chi connectivity index (χ2v) is 7.02. The highest BCUT2D eigenvalue weighted by Gasteiger charge is 2.20. The van der Waals surface area contributed by atoms with Crippen LogP contribution in [0.4, 0.5) is 0 Å². The van der Waals surface area contributed by atoms with Crippen LogP contribution in [-0.4, -0.2) is 35.9 Å². The summed E-state index contributed by atoms with van der Waals surface area (Å²) in [6.45, 7) is 1.92. The number of rotatable bonds is 5. The van der Waals surface area contributed by atoms with Crippen LogP contribution in [0.3, 0.4) is 0 Å². The second kappa shape index (κ2) is 7.20. The van der Waals surface area contributed by atoms with E-state index >= 15 is 0 Å². The first-order valence-corrected chi connectivity index (χ1v) is 9.23. The molecule has 0 unspecified atom stereocenters. The minimum absolute atomic E-state index is 0.202. The standard InChI is InChI=1S/C17H16N2O4S2/c1-10-13(17(21)22-3)6-12(23-10)7-19(2)16(20)14-9-25-15(18-14)11-4-5-24-8-11/h4-6,8-9H,7H2,1-3H3. The SMILES string of the molecule is COC(=O)c1cc(CN(C)C(=O)c2csc(-c3ccsc3)n2)oc1C. The van der Waals surface area contributed by atoms with Crippen molar-refractivity contribution in [2.75, 3.05) is 14.2 Å². The predicted octanol–water partition coefficient (Wildman–Crippen LogP) is 3.83. The lowest BCUT2D eigenvalue weighted by Gasteiger charge is -2.13. The number of aryl methyl sites for hydroxylation is 1. The van der Waals surface area contributed by atoms with E-state index in [9.17, 15) is 9.59 Å². The number of carbonyl (C=O) groups is 2. The van der Waals surface area contributed by atoms with Gasteiger partial charge in [0.05, 0.1) is 13.7 Å². The molecule has 3 rings (SSSR count). The number of nitrogens with zero attached hydrogens (tertiary/aromatic N) is 2. The number of furan rings is 1. The first-order valence-electron chi connectivity index (χ1n) is 7.40. The summed E-state index contributed by atoms with van der Waals surface area (Å²) in [5.74, 6) is 0.325. The Kier molecular flexibility index (Phi) is 5.00. The molecule has 3 aromatic heterocycles. The minimum atomic E-state index is -0.457. The molecule has 0 radical (unpaired) electrons. The Balaban J connectivity index is 1.72. The number of amides is 1. The van der Waals surface area contributed by atoms with Gasteiger partial charge in [0.2, 0.25) is 0 Å². The molecule has 1 amide bonds. The zero-order valence-corrected chi connectivity index (χ0v) is 15.6. The molecule has 3 aromatic rings. The van der Waals surface area contributed by atoms with Gasteiger partial charge in [-0.05, 0) is 24.4 Å². The summed E-state index contributed by atoms with van der Waals surface area (Å²) in [4.78, 5) is 30.1. The molecule has 130 valence electrons. The Labute approximate surface area is 152 Å². The quantitative estimate of drug-likeness (QED) is 0.633. The van der Waals surface area contributed by atoms with Crippen molar-refractivity contribution < 1.29 is 18.7 Å². The Morgan fingerprint density at radius 2 is 2.16 bits per heavy atom. The zero-order chi connectivity index (χ0) is 18.0. The molecule has 0 atom stereocenters. The monoisotopic (exact) mass is 376 g/mol. The molecule has 0 saturated heterocycles. The first kappa shape index (κ1) is 17.4. The number of hydrogen-bond donors (Lipinski definition) is 0. The van der Waals surface area contributed by atoms with Crippen LogP contribution in [0.5, 0.6) is 0 Å². The van der Waals surface area contributed by atoms with E-state index in [1.807, 2.05) is 16.8 Å². The van der Waals surface area contributed by atoms with Crippen LogP contribution in [0.1, 0.15) is 32.4 Å². The van der Waals surface area contributed by atoms with E-state index in [1.165, 1.54) is 23.3 Å². The number of esters is 1.